The summed E-state index contributed by atoms with van der Waals surface area (Å²) < 4.78 is 5.13. The summed E-state index contributed by atoms with van der Waals surface area (Å²) in [5.41, 5.74) is 1.07. The Bertz CT molecular complexity index is 443. The van der Waals surface area contributed by atoms with Crippen molar-refractivity contribution in [3.8, 4) is 5.75 Å². The van der Waals surface area contributed by atoms with Crippen LogP contribution in [0.4, 0.5) is 5.69 Å². The molecule has 5 heteroatoms. The van der Waals surface area contributed by atoms with Crippen LogP contribution in [-0.4, -0.2) is 44.1 Å². The van der Waals surface area contributed by atoms with Crippen molar-refractivity contribution >= 4 is 23.2 Å². The second-order valence-corrected chi connectivity index (χ2v) is 4.72. The molecule has 0 saturated carbocycles. The highest BCUT2D eigenvalue weighted by Crippen LogP contribution is 2.29. The number of methoxy groups -OCH3 is 1. The zero-order chi connectivity index (χ0) is 13.1. The minimum Gasteiger partial charge on any atom is -0.495 e. The Balaban J connectivity index is 2.05. The number of nitrogens with zero attached hydrogens (tertiary/aromatic N) is 2. The Morgan fingerprint density at radius 2 is 1.94 bits per heavy atom. The summed E-state index contributed by atoms with van der Waals surface area (Å²) >= 11 is 6.11. The summed E-state index contributed by atoms with van der Waals surface area (Å²) in [6.07, 6.45) is 0. The normalized spacial score (nSPS) is 15.7. The minimum absolute atomic E-state index is 0.141. The van der Waals surface area contributed by atoms with Crippen molar-refractivity contribution in [1.82, 2.24) is 4.90 Å². The smallest absolute Gasteiger partial charge is 0.219 e. The third-order valence-electron chi connectivity index (χ3n) is 3.23. The van der Waals surface area contributed by atoms with Gasteiger partial charge in [0.05, 0.1) is 12.1 Å². The van der Waals surface area contributed by atoms with Crippen LogP contribution in [0.3, 0.4) is 0 Å². The van der Waals surface area contributed by atoms with Gasteiger partial charge in [-0.05, 0) is 18.2 Å². The second-order valence-electron chi connectivity index (χ2n) is 4.31. The molecule has 1 fully saturated rings. The monoisotopic (exact) mass is 268 g/mol. The van der Waals surface area contributed by atoms with Crippen LogP contribution >= 0.6 is 11.6 Å². The Hall–Kier alpha value is -1.42. The number of rotatable bonds is 2. The van der Waals surface area contributed by atoms with Gasteiger partial charge in [-0.3, -0.25) is 4.79 Å². The summed E-state index contributed by atoms with van der Waals surface area (Å²) in [5.74, 6) is 0.824. The van der Waals surface area contributed by atoms with Crippen LogP contribution in [0.2, 0.25) is 5.02 Å². The quantitative estimate of drug-likeness (QED) is 0.823. The number of carbonyl (C=O) groups is 1. The lowest BCUT2D eigenvalue weighted by Crippen LogP contribution is -2.48. The molecular formula is C13H17ClN2O2. The first-order valence-corrected chi connectivity index (χ1v) is 6.33. The zero-order valence-electron chi connectivity index (χ0n) is 10.6. The molecule has 0 bridgehead atoms. The maximum Gasteiger partial charge on any atom is 0.219 e. The molecule has 0 aliphatic carbocycles. The number of halogens is 1. The topological polar surface area (TPSA) is 32.8 Å². The number of ether oxygens (including phenoxy) is 1. The molecule has 0 N–H and O–H groups in total. The maximum absolute atomic E-state index is 11.2. The van der Waals surface area contributed by atoms with E-state index in [4.69, 9.17) is 16.3 Å². The molecule has 0 atom stereocenters. The number of anilines is 1. The van der Waals surface area contributed by atoms with E-state index in [-0.39, 0.29) is 5.91 Å². The molecule has 1 amide bonds. The summed E-state index contributed by atoms with van der Waals surface area (Å²) in [6, 6.07) is 5.77. The van der Waals surface area contributed by atoms with Crippen LogP contribution in [0.5, 0.6) is 5.75 Å². The first-order valence-electron chi connectivity index (χ1n) is 5.96. The highest BCUT2D eigenvalue weighted by Gasteiger charge is 2.19. The van der Waals surface area contributed by atoms with Crippen LogP contribution in [0.1, 0.15) is 6.92 Å². The lowest BCUT2D eigenvalue weighted by Gasteiger charge is -2.35. The van der Waals surface area contributed by atoms with Gasteiger partial charge in [-0.1, -0.05) is 11.6 Å². The van der Waals surface area contributed by atoms with Crippen molar-refractivity contribution in [2.45, 2.75) is 6.92 Å². The van der Waals surface area contributed by atoms with E-state index in [1.165, 1.54) is 0 Å². The Kier molecular flexibility index (Phi) is 3.97. The molecule has 1 aromatic rings. The fraction of sp³-hybridized carbons (Fsp3) is 0.462. The lowest BCUT2D eigenvalue weighted by molar-refractivity contribution is -0.129. The Morgan fingerprint density at radius 3 is 2.44 bits per heavy atom. The average molecular weight is 269 g/mol. The first kappa shape index (κ1) is 13.0. The van der Waals surface area contributed by atoms with E-state index >= 15 is 0 Å². The van der Waals surface area contributed by atoms with E-state index in [0.717, 1.165) is 31.9 Å². The van der Waals surface area contributed by atoms with E-state index in [1.807, 2.05) is 23.1 Å². The van der Waals surface area contributed by atoms with Gasteiger partial charge in [0, 0.05) is 38.8 Å². The third-order valence-corrected chi connectivity index (χ3v) is 3.52. The minimum atomic E-state index is 0.141. The van der Waals surface area contributed by atoms with Crippen molar-refractivity contribution in [1.29, 1.82) is 0 Å². The molecule has 2 rings (SSSR count). The standard InChI is InChI=1S/C13H17ClN2O2/c1-10(17)15-5-7-16(8-6-15)11-3-4-13(18-2)12(14)9-11/h3-4,9H,5-8H2,1-2H3. The van der Waals surface area contributed by atoms with Crippen LogP contribution in [0.15, 0.2) is 18.2 Å². The molecular weight excluding hydrogens is 252 g/mol. The molecule has 18 heavy (non-hydrogen) atoms. The van der Waals surface area contributed by atoms with E-state index in [1.54, 1.807) is 14.0 Å². The summed E-state index contributed by atoms with van der Waals surface area (Å²) in [7, 11) is 1.60. The van der Waals surface area contributed by atoms with E-state index in [0.29, 0.717) is 10.8 Å². The largest absolute Gasteiger partial charge is 0.495 e. The predicted octanol–water partition coefficient (Wildman–Crippen LogP) is 2.02. The molecule has 0 spiro atoms. The molecule has 4 nitrogen and oxygen atoms in total. The van der Waals surface area contributed by atoms with Gasteiger partial charge in [-0.15, -0.1) is 0 Å². The second kappa shape index (κ2) is 5.48. The Morgan fingerprint density at radius 1 is 1.28 bits per heavy atom. The first-order chi connectivity index (χ1) is 8.61. The van der Waals surface area contributed by atoms with E-state index < -0.39 is 0 Å². The van der Waals surface area contributed by atoms with Gasteiger partial charge in [0.2, 0.25) is 5.91 Å². The SMILES string of the molecule is COc1ccc(N2CCN(C(C)=O)CC2)cc1Cl. The lowest BCUT2D eigenvalue weighted by atomic mass is 10.2. The number of piperazine rings is 1. The van der Waals surface area contributed by atoms with Gasteiger partial charge < -0.3 is 14.5 Å². The number of hydrogen-bond donors (Lipinski definition) is 0. The highest BCUT2D eigenvalue weighted by molar-refractivity contribution is 6.32. The molecule has 1 aromatic carbocycles. The molecule has 0 radical (unpaired) electrons. The van der Waals surface area contributed by atoms with Crippen molar-refractivity contribution in [3.63, 3.8) is 0 Å². The van der Waals surface area contributed by atoms with Gasteiger partial charge >= 0.3 is 0 Å². The fourth-order valence-corrected chi connectivity index (χ4v) is 2.38. The molecule has 98 valence electrons. The highest BCUT2D eigenvalue weighted by atomic mass is 35.5. The average Bonchev–Trinajstić information content (AvgIpc) is 2.38. The summed E-state index contributed by atoms with van der Waals surface area (Å²) in [6.45, 7) is 4.81. The Labute approximate surface area is 112 Å². The third kappa shape index (κ3) is 2.70. The van der Waals surface area contributed by atoms with Gasteiger partial charge in [0.15, 0.2) is 0 Å². The predicted molar refractivity (Wildman–Crippen MR) is 72.5 cm³/mol. The van der Waals surface area contributed by atoms with E-state index in [2.05, 4.69) is 4.90 Å². The summed E-state index contributed by atoms with van der Waals surface area (Å²) in [5, 5.41) is 0.615. The summed E-state index contributed by atoms with van der Waals surface area (Å²) in [4.78, 5) is 15.3. The van der Waals surface area contributed by atoms with Crippen molar-refractivity contribution < 1.29 is 9.53 Å². The van der Waals surface area contributed by atoms with Crippen LogP contribution in [-0.2, 0) is 4.79 Å². The van der Waals surface area contributed by atoms with Gasteiger partial charge in [-0.25, -0.2) is 0 Å². The number of benzene rings is 1. The fourth-order valence-electron chi connectivity index (χ4n) is 2.13. The number of hydrogen-bond acceptors (Lipinski definition) is 3. The zero-order valence-corrected chi connectivity index (χ0v) is 11.4. The van der Waals surface area contributed by atoms with Gasteiger partial charge in [0.25, 0.3) is 0 Å². The maximum atomic E-state index is 11.2. The molecule has 1 saturated heterocycles. The molecule has 0 unspecified atom stereocenters. The van der Waals surface area contributed by atoms with Gasteiger partial charge in [0.1, 0.15) is 5.75 Å². The van der Waals surface area contributed by atoms with Crippen molar-refractivity contribution in [3.05, 3.63) is 23.2 Å². The van der Waals surface area contributed by atoms with Crippen LogP contribution in [0.25, 0.3) is 0 Å². The van der Waals surface area contributed by atoms with Crippen LogP contribution < -0.4 is 9.64 Å². The van der Waals surface area contributed by atoms with Crippen molar-refractivity contribution in [2.24, 2.45) is 0 Å². The van der Waals surface area contributed by atoms with Crippen molar-refractivity contribution in [2.75, 3.05) is 38.2 Å². The number of amides is 1. The molecule has 1 aliphatic heterocycles. The van der Waals surface area contributed by atoms with E-state index in [9.17, 15) is 4.79 Å². The molecule has 1 heterocycles. The van der Waals surface area contributed by atoms with Crippen LogP contribution in [0, 0.1) is 0 Å². The molecule has 1 aliphatic rings. The van der Waals surface area contributed by atoms with Gasteiger partial charge in [-0.2, -0.15) is 0 Å². The number of carbonyl (C=O) groups excluding carboxylic acids is 1. The molecule has 0 aromatic heterocycles.